The van der Waals surface area contributed by atoms with Crippen LogP contribution in [0.2, 0.25) is 0 Å². The minimum absolute atomic E-state index is 0.0172. The number of amides is 1. The van der Waals surface area contributed by atoms with Crippen molar-refractivity contribution in [3.8, 4) is 16.9 Å². The van der Waals surface area contributed by atoms with Gasteiger partial charge in [0.25, 0.3) is 17.0 Å². The van der Waals surface area contributed by atoms with Crippen LogP contribution in [0.5, 0.6) is 0 Å². The van der Waals surface area contributed by atoms with Crippen molar-refractivity contribution in [2.24, 2.45) is 0 Å². The van der Waals surface area contributed by atoms with Crippen LogP contribution in [0.3, 0.4) is 0 Å². The highest BCUT2D eigenvalue weighted by atomic mass is 19.1. The van der Waals surface area contributed by atoms with Gasteiger partial charge < -0.3 is 10.3 Å². The molecule has 0 radical (unpaired) electrons. The number of hydrogen-bond acceptors (Lipinski definition) is 5. The summed E-state index contributed by atoms with van der Waals surface area (Å²) < 4.78 is 16.0. The van der Waals surface area contributed by atoms with Crippen LogP contribution < -0.4 is 22.1 Å². The fraction of sp³-hybridized carbons (Fsp3) is 0.0870. The Balaban J connectivity index is 1.49. The first-order valence-electron chi connectivity index (χ1n) is 9.95. The van der Waals surface area contributed by atoms with Gasteiger partial charge in [-0.15, -0.1) is 0 Å². The van der Waals surface area contributed by atoms with Crippen molar-refractivity contribution in [1.82, 2.24) is 24.4 Å². The van der Waals surface area contributed by atoms with E-state index in [4.69, 9.17) is 0 Å². The minimum atomic E-state index is -0.965. The smallest absolute Gasteiger partial charge is 0.333 e. The molecule has 0 unspecified atom stereocenters. The average Bonchev–Trinajstić information content (AvgIpc) is 2.82. The molecule has 0 aliphatic rings. The van der Waals surface area contributed by atoms with E-state index in [9.17, 15) is 23.6 Å². The Morgan fingerprint density at radius 1 is 1.03 bits per heavy atom. The zero-order valence-corrected chi connectivity index (χ0v) is 17.2. The number of halogens is 1. The van der Waals surface area contributed by atoms with Gasteiger partial charge in [-0.1, -0.05) is 42.5 Å². The van der Waals surface area contributed by atoms with Gasteiger partial charge in [-0.05, 0) is 12.1 Å². The Kier molecular flexibility index (Phi) is 6.07. The van der Waals surface area contributed by atoms with Crippen molar-refractivity contribution < 1.29 is 9.18 Å². The van der Waals surface area contributed by atoms with Crippen LogP contribution in [0.25, 0.3) is 16.9 Å². The van der Waals surface area contributed by atoms with Crippen molar-refractivity contribution in [2.45, 2.75) is 6.54 Å². The summed E-state index contributed by atoms with van der Waals surface area (Å²) in [5.74, 6) is -1.56. The predicted octanol–water partition coefficient (Wildman–Crippen LogP) is 1.32. The zero-order chi connectivity index (χ0) is 23.4. The van der Waals surface area contributed by atoms with Crippen molar-refractivity contribution in [3.63, 3.8) is 0 Å². The summed E-state index contributed by atoms with van der Waals surface area (Å²) in [7, 11) is 0. The van der Waals surface area contributed by atoms with E-state index in [-0.39, 0.29) is 29.9 Å². The second-order valence-electron chi connectivity index (χ2n) is 7.03. The molecule has 4 rings (SSSR count). The normalized spacial score (nSPS) is 10.7. The molecule has 9 nitrogen and oxygen atoms in total. The number of aromatic amines is 1. The van der Waals surface area contributed by atoms with Crippen LogP contribution in [0.15, 0.2) is 87.6 Å². The van der Waals surface area contributed by atoms with Gasteiger partial charge in [-0.2, -0.15) is 0 Å². The molecule has 0 fully saturated rings. The Morgan fingerprint density at radius 3 is 2.48 bits per heavy atom. The molecule has 33 heavy (non-hydrogen) atoms. The molecule has 0 saturated heterocycles. The SMILES string of the molecule is O=C(NCCn1cnc(-c2ccccc2)cc1=O)c1c[nH]c(=O)n(-c2ccccc2F)c1=O. The van der Waals surface area contributed by atoms with E-state index in [0.717, 1.165) is 17.8 Å². The summed E-state index contributed by atoms with van der Waals surface area (Å²) in [6.45, 7) is 0.126. The topological polar surface area (TPSA) is 119 Å². The molecular formula is C23H18FN5O4. The standard InChI is InChI=1S/C23H18FN5O4/c24-17-8-4-5-9-19(17)29-22(32)16(13-26-23(29)33)21(31)25-10-11-28-14-27-18(12-20(28)30)15-6-2-1-3-7-15/h1-9,12-14H,10-11H2,(H,25,31)(H,26,33). The summed E-state index contributed by atoms with van der Waals surface area (Å²) in [6.07, 6.45) is 2.35. The van der Waals surface area contributed by atoms with Crippen LogP contribution in [0.1, 0.15) is 10.4 Å². The maximum atomic E-state index is 14.1. The largest absolute Gasteiger partial charge is 0.350 e. The van der Waals surface area contributed by atoms with E-state index in [1.165, 1.54) is 35.2 Å². The van der Waals surface area contributed by atoms with Crippen LogP contribution in [-0.4, -0.2) is 31.6 Å². The molecule has 2 heterocycles. The minimum Gasteiger partial charge on any atom is -0.350 e. The average molecular weight is 447 g/mol. The number of carbonyl (C=O) groups is 1. The van der Waals surface area contributed by atoms with E-state index in [1.54, 1.807) is 0 Å². The van der Waals surface area contributed by atoms with Crippen molar-refractivity contribution in [2.75, 3.05) is 6.54 Å². The molecule has 0 spiro atoms. The third-order valence-corrected chi connectivity index (χ3v) is 4.90. The summed E-state index contributed by atoms with van der Waals surface area (Å²) in [5.41, 5.74) is -1.45. The van der Waals surface area contributed by atoms with Crippen LogP contribution >= 0.6 is 0 Å². The quantitative estimate of drug-likeness (QED) is 0.462. The lowest BCUT2D eigenvalue weighted by Crippen LogP contribution is -2.40. The van der Waals surface area contributed by atoms with Crippen molar-refractivity contribution >= 4 is 5.91 Å². The number of H-pyrrole nitrogens is 1. The maximum Gasteiger partial charge on any atom is 0.333 e. The molecule has 2 aromatic heterocycles. The molecule has 166 valence electrons. The van der Waals surface area contributed by atoms with Gasteiger partial charge in [0, 0.05) is 30.9 Å². The molecule has 0 aliphatic carbocycles. The number of hydrogen-bond donors (Lipinski definition) is 2. The van der Waals surface area contributed by atoms with Gasteiger partial charge >= 0.3 is 5.69 Å². The van der Waals surface area contributed by atoms with Crippen LogP contribution in [0.4, 0.5) is 4.39 Å². The van der Waals surface area contributed by atoms with E-state index < -0.39 is 23.0 Å². The lowest BCUT2D eigenvalue weighted by molar-refractivity contribution is 0.0949. The number of aromatic nitrogens is 4. The van der Waals surface area contributed by atoms with E-state index in [0.29, 0.717) is 10.3 Å². The molecule has 0 aliphatic heterocycles. The van der Waals surface area contributed by atoms with Gasteiger partial charge in [-0.3, -0.25) is 19.0 Å². The predicted molar refractivity (Wildman–Crippen MR) is 119 cm³/mol. The highest BCUT2D eigenvalue weighted by molar-refractivity contribution is 5.93. The highest BCUT2D eigenvalue weighted by Gasteiger charge is 2.17. The zero-order valence-electron chi connectivity index (χ0n) is 17.2. The van der Waals surface area contributed by atoms with Gasteiger partial charge in [0.05, 0.1) is 17.7 Å². The molecule has 0 atom stereocenters. The lowest BCUT2D eigenvalue weighted by atomic mass is 10.1. The molecule has 4 aromatic rings. The first kappa shape index (κ1) is 21.6. The van der Waals surface area contributed by atoms with E-state index >= 15 is 0 Å². The molecule has 0 saturated carbocycles. The number of para-hydroxylation sites is 1. The van der Waals surface area contributed by atoms with Crippen molar-refractivity contribution in [1.29, 1.82) is 0 Å². The Labute approximate surface area is 185 Å². The first-order chi connectivity index (χ1) is 16.0. The molecule has 2 N–H and O–H groups in total. The van der Waals surface area contributed by atoms with Gasteiger partial charge in [0.1, 0.15) is 11.4 Å². The molecule has 2 aromatic carbocycles. The summed E-state index contributed by atoms with van der Waals surface area (Å²) >= 11 is 0. The molecule has 1 amide bonds. The number of rotatable bonds is 6. The summed E-state index contributed by atoms with van der Waals surface area (Å²) in [6, 6.07) is 15.9. The van der Waals surface area contributed by atoms with Gasteiger partial charge in [-0.25, -0.2) is 18.7 Å². The van der Waals surface area contributed by atoms with Gasteiger partial charge in [0.2, 0.25) is 0 Å². The number of carbonyl (C=O) groups excluding carboxylic acids is 1. The number of nitrogens with zero attached hydrogens (tertiary/aromatic N) is 3. The fourth-order valence-corrected chi connectivity index (χ4v) is 3.23. The summed E-state index contributed by atoms with van der Waals surface area (Å²) in [5, 5.41) is 2.52. The third kappa shape index (κ3) is 4.54. The third-order valence-electron chi connectivity index (χ3n) is 4.90. The Morgan fingerprint density at radius 2 is 1.76 bits per heavy atom. The maximum absolute atomic E-state index is 14.1. The number of benzene rings is 2. The Hall–Kier alpha value is -4.60. The fourth-order valence-electron chi connectivity index (χ4n) is 3.23. The van der Waals surface area contributed by atoms with E-state index in [2.05, 4.69) is 15.3 Å². The molecule has 0 bridgehead atoms. The summed E-state index contributed by atoms with van der Waals surface area (Å²) in [4.78, 5) is 56.2. The van der Waals surface area contributed by atoms with Crippen molar-refractivity contribution in [3.05, 3.63) is 116 Å². The molecule has 10 heteroatoms. The lowest BCUT2D eigenvalue weighted by Gasteiger charge is -2.10. The second kappa shape index (κ2) is 9.27. The monoisotopic (exact) mass is 447 g/mol. The highest BCUT2D eigenvalue weighted by Crippen LogP contribution is 2.13. The van der Waals surface area contributed by atoms with Crippen LogP contribution in [-0.2, 0) is 6.54 Å². The van der Waals surface area contributed by atoms with Gasteiger partial charge in [0.15, 0.2) is 0 Å². The second-order valence-corrected chi connectivity index (χ2v) is 7.03. The Bertz CT molecular complexity index is 1490. The van der Waals surface area contributed by atoms with Crippen LogP contribution in [0, 0.1) is 5.82 Å². The molecular weight excluding hydrogens is 429 g/mol. The first-order valence-corrected chi connectivity index (χ1v) is 9.95. The number of nitrogens with one attached hydrogen (secondary N) is 2. The van der Waals surface area contributed by atoms with E-state index in [1.807, 2.05) is 30.3 Å².